The van der Waals surface area contributed by atoms with Gasteiger partial charge in [-0.25, -0.2) is 13.1 Å². The molecule has 4 nitrogen and oxygen atoms in total. The van der Waals surface area contributed by atoms with Crippen molar-refractivity contribution >= 4 is 10.0 Å². The zero-order valence-corrected chi connectivity index (χ0v) is 12.8. The van der Waals surface area contributed by atoms with Crippen LogP contribution in [0.25, 0.3) is 0 Å². The molecule has 0 aromatic heterocycles. The number of benzene rings is 1. The average molecular weight is 296 g/mol. The van der Waals surface area contributed by atoms with Crippen molar-refractivity contribution in [3.8, 4) is 0 Å². The molecular formula is C15H24N2O2S. The Morgan fingerprint density at radius 1 is 1.30 bits per heavy atom. The van der Waals surface area contributed by atoms with Crippen LogP contribution in [0.4, 0.5) is 0 Å². The highest BCUT2D eigenvalue weighted by Gasteiger charge is 2.22. The summed E-state index contributed by atoms with van der Waals surface area (Å²) in [6.45, 7) is 3.01. The zero-order valence-electron chi connectivity index (χ0n) is 12.0. The lowest BCUT2D eigenvalue weighted by atomic mass is 9.83. The molecule has 0 bridgehead atoms. The first kappa shape index (κ1) is 15.5. The van der Waals surface area contributed by atoms with Crippen molar-refractivity contribution in [3.63, 3.8) is 0 Å². The molecule has 0 amide bonds. The number of hydrogen-bond donors (Lipinski definition) is 2. The summed E-state index contributed by atoms with van der Waals surface area (Å²) < 4.78 is 27.5. The molecule has 2 atom stereocenters. The van der Waals surface area contributed by atoms with Crippen LogP contribution in [0, 0.1) is 11.8 Å². The van der Waals surface area contributed by atoms with Crippen molar-refractivity contribution in [3.05, 3.63) is 29.8 Å². The van der Waals surface area contributed by atoms with Gasteiger partial charge in [0.2, 0.25) is 10.0 Å². The van der Waals surface area contributed by atoms with E-state index in [-0.39, 0.29) is 6.54 Å². The minimum Gasteiger partial charge on any atom is -0.326 e. The van der Waals surface area contributed by atoms with E-state index in [1.807, 2.05) is 6.07 Å². The molecule has 1 aliphatic carbocycles. The van der Waals surface area contributed by atoms with Crippen molar-refractivity contribution in [2.75, 3.05) is 6.54 Å². The first-order valence-corrected chi connectivity index (χ1v) is 8.79. The van der Waals surface area contributed by atoms with Gasteiger partial charge in [-0.1, -0.05) is 38.0 Å². The van der Waals surface area contributed by atoms with Gasteiger partial charge < -0.3 is 5.73 Å². The van der Waals surface area contributed by atoms with E-state index in [4.69, 9.17) is 5.73 Å². The lowest BCUT2D eigenvalue weighted by Gasteiger charge is -2.26. The van der Waals surface area contributed by atoms with Crippen LogP contribution in [0.2, 0.25) is 0 Å². The lowest BCUT2D eigenvalue weighted by Crippen LogP contribution is -2.32. The van der Waals surface area contributed by atoms with E-state index in [1.165, 1.54) is 12.8 Å². The molecule has 1 aromatic carbocycles. The maximum Gasteiger partial charge on any atom is 0.240 e. The van der Waals surface area contributed by atoms with Gasteiger partial charge in [-0.05, 0) is 36.3 Å². The Morgan fingerprint density at radius 2 is 2.05 bits per heavy atom. The molecule has 1 fully saturated rings. The van der Waals surface area contributed by atoms with Crippen LogP contribution in [0.5, 0.6) is 0 Å². The van der Waals surface area contributed by atoms with Gasteiger partial charge in [-0.2, -0.15) is 0 Å². The molecule has 1 aromatic rings. The summed E-state index contributed by atoms with van der Waals surface area (Å²) in [7, 11) is -3.45. The summed E-state index contributed by atoms with van der Waals surface area (Å²) in [4.78, 5) is 0.311. The summed E-state index contributed by atoms with van der Waals surface area (Å²) >= 11 is 0. The third kappa shape index (κ3) is 3.81. The number of rotatable bonds is 5. The van der Waals surface area contributed by atoms with Gasteiger partial charge in [0, 0.05) is 13.1 Å². The smallest absolute Gasteiger partial charge is 0.240 e. The second kappa shape index (κ2) is 6.70. The fraction of sp³-hybridized carbons (Fsp3) is 0.600. The summed E-state index contributed by atoms with van der Waals surface area (Å²) in [6.07, 6.45) is 4.69. The Bertz CT molecular complexity index is 543. The molecule has 0 spiro atoms. The quantitative estimate of drug-likeness (QED) is 0.875. The van der Waals surface area contributed by atoms with Crippen LogP contribution >= 0.6 is 0 Å². The Balaban J connectivity index is 2.04. The monoisotopic (exact) mass is 296 g/mol. The highest BCUT2D eigenvalue weighted by molar-refractivity contribution is 7.89. The highest BCUT2D eigenvalue weighted by atomic mass is 32.2. The second-order valence-electron chi connectivity index (χ2n) is 5.80. The van der Waals surface area contributed by atoms with Crippen LogP contribution in [-0.4, -0.2) is 15.0 Å². The van der Waals surface area contributed by atoms with E-state index in [2.05, 4.69) is 11.6 Å². The summed E-state index contributed by atoms with van der Waals surface area (Å²) in [6, 6.07) is 6.92. The topological polar surface area (TPSA) is 72.2 Å². The number of sulfonamides is 1. The molecule has 112 valence electrons. The highest BCUT2D eigenvalue weighted by Crippen LogP contribution is 2.28. The SMILES string of the molecule is CC1CCCC(CNS(=O)(=O)c2ccccc2CN)C1. The largest absolute Gasteiger partial charge is 0.326 e. The van der Waals surface area contributed by atoms with Crippen LogP contribution in [0.1, 0.15) is 38.2 Å². The third-order valence-electron chi connectivity index (χ3n) is 4.09. The molecule has 2 unspecified atom stereocenters. The van der Waals surface area contributed by atoms with E-state index in [9.17, 15) is 8.42 Å². The standard InChI is InChI=1S/C15H24N2O2S/c1-12-5-4-6-13(9-12)11-17-20(18,19)15-8-3-2-7-14(15)10-16/h2-3,7-8,12-13,17H,4-6,9-11,16H2,1H3. The first-order chi connectivity index (χ1) is 9.53. The predicted molar refractivity (Wildman–Crippen MR) is 80.6 cm³/mol. The zero-order chi connectivity index (χ0) is 14.6. The van der Waals surface area contributed by atoms with Crippen molar-refractivity contribution in [2.24, 2.45) is 17.6 Å². The molecule has 1 saturated carbocycles. The Hall–Kier alpha value is -0.910. The van der Waals surface area contributed by atoms with Gasteiger partial charge >= 0.3 is 0 Å². The summed E-state index contributed by atoms with van der Waals surface area (Å²) in [5.41, 5.74) is 6.28. The number of nitrogens with one attached hydrogen (secondary N) is 1. The molecule has 0 heterocycles. The van der Waals surface area contributed by atoms with Crippen molar-refractivity contribution in [1.29, 1.82) is 0 Å². The normalized spacial score (nSPS) is 23.7. The Kier molecular flexibility index (Phi) is 5.18. The van der Waals surface area contributed by atoms with E-state index < -0.39 is 10.0 Å². The average Bonchev–Trinajstić information content (AvgIpc) is 2.45. The Morgan fingerprint density at radius 3 is 2.75 bits per heavy atom. The molecule has 3 N–H and O–H groups in total. The fourth-order valence-electron chi connectivity index (χ4n) is 2.99. The van der Waals surface area contributed by atoms with Crippen LogP contribution in [0.3, 0.4) is 0 Å². The van der Waals surface area contributed by atoms with Crippen molar-refractivity contribution in [2.45, 2.75) is 44.0 Å². The maximum atomic E-state index is 12.4. The summed E-state index contributed by atoms with van der Waals surface area (Å²) in [5, 5.41) is 0. The second-order valence-corrected chi connectivity index (χ2v) is 7.54. The molecule has 0 aliphatic heterocycles. The Labute approximate surface area is 121 Å². The predicted octanol–water partition coefficient (Wildman–Crippen LogP) is 2.25. The van der Waals surface area contributed by atoms with Crippen LogP contribution in [-0.2, 0) is 16.6 Å². The van der Waals surface area contributed by atoms with Gasteiger partial charge in [-0.3, -0.25) is 0 Å². The number of hydrogen-bond acceptors (Lipinski definition) is 3. The lowest BCUT2D eigenvalue weighted by molar-refractivity contribution is 0.283. The summed E-state index contributed by atoms with van der Waals surface area (Å²) in [5.74, 6) is 1.16. The van der Waals surface area contributed by atoms with Gasteiger partial charge in [0.25, 0.3) is 0 Å². The van der Waals surface area contributed by atoms with E-state index in [0.717, 1.165) is 12.8 Å². The molecule has 1 aliphatic rings. The van der Waals surface area contributed by atoms with E-state index in [1.54, 1.807) is 18.2 Å². The van der Waals surface area contributed by atoms with Crippen LogP contribution < -0.4 is 10.5 Å². The molecule has 0 saturated heterocycles. The van der Waals surface area contributed by atoms with Crippen LogP contribution in [0.15, 0.2) is 29.2 Å². The first-order valence-electron chi connectivity index (χ1n) is 7.30. The van der Waals surface area contributed by atoms with Gasteiger partial charge in [0.15, 0.2) is 0 Å². The molecule has 2 rings (SSSR count). The number of nitrogens with two attached hydrogens (primary N) is 1. The minimum atomic E-state index is -3.45. The molecule has 20 heavy (non-hydrogen) atoms. The molecule has 0 radical (unpaired) electrons. The van der Waals surface area contributed by atoms with Crippen molar-refractivity contribution in [1.82, 2.24) is 4.72 Å². The fourth-order valence-corrected chi connectivity index (χ4v) is 4.35. The third-order valence-corrected chi connectivity index (χ3v) is 5.61. The minimum absolute atomic E-state index is 0.234. The van der Waals surface area contributed by atoms with E-state index in [0.29, 0.717) is 28.8 Å². The maximum absolute atomic E-state index is 12.4. The van der Waals surface area contributed by atoms with E-state index >= 15 is 0 Å². The molecular weight excluding hydrogens is 272 g/mol. The van der Waals surface area contributed by atoms with Gasteiger partial charge in [0.05, 0.1) is 4.90 Å². The van der Waals surface area contributed by atoms with Crippen molar-refractivity contribution < 1.29 is 8.42 Å². The van der Waals surface area contributed by atoms with Gasteiger partial charge in [0.1, 0.15) is 0 Å². The molecule has 5 heteroatoms. The van der Waals surface area contributed by atoms with Gasteiger partial charge in [-0.15, -0.1) is 0 Å².